The normalized spacial score (nSPS) is 20.9. The second-order valence-electron chi connectivity index (χ2n) is 6.75. The first-order valence-corrected chi connectivity index (χ1v) is 10.1. The van der Waals surface area contributed by atoms with Gasteiger partial charge in [-0.3, -0.25) is 0 Å². The minimum atomic E-state index is -3.36. The van der Waals surface area contributed by atoms with Crippen molar-refractivity contribution in [2.75, 3.05) is 6.54 Å². The zero-order valence-corrected chi connectivity index (χ0v) is 14.3. The predicted octanol–water partition coefficient (Wildman–Crippen LogP) is 2.71. The van der Waals surface area contributed by atoms with Gasteiger partial charge in [-0.15, -0.1) is 11.3 Å². The van der Waals surface area contributed by atoms with Crippen LogP contribution in [0.1, 0.15) is 44.4 Å². The fraction of sp³-hybridized carbons (Fsp3) is 0.733. The minimum absolute atomic E-state index is 0.194. The Morgan fingerprint density at radius 2 is 2.10 bits per heavy atom. The van der Waals surface area contributed by atoms with Crippen molar-refractivity contribution < 1.29 is 8.42 Å². The van der Waals surface area contributed by atoms with E-state index in [9.17, 15) is 8.42 Å². The molecule has 4 nitrogen and oxygen atoms in total. The number of hydrogen-bond acceptors (Lipinski definition) is 4. The highest BCUT2D eigenvalue weighted by Crippen LogP contribution is 2.51. The molecule has 2 N–H and O–H groups in total. The van der Waals surface area contributed by atoms with Gasteiger partial charge in [-0.1, -0.05) is 13.8 Å². The third kappa shape index (κ3) is 3.67. The Bertz CT molecular complexity index is 599. The highest BCUT2D eigenvalue weighted by molar-refractivity contribution is 7.89. The van der Waals surface area contributed by atoms with Gasteiger partial charge in [-0.2, -0.15) is 0 Å². The first-order chi connectivity index (χ1) is 9.91. The fourth-order valence-electron chi connectivity index (χ4n) is 2.57. The maximum Gasteiger partial charge on any atom is 0.241 e. The molecule has 1 heterocycles. The van der Waals surface area contributed by atoms with Crippen LogP contribution >= 0.6 is 11.3 Å². The molecule has 0 atom stereocenters. The lowest BCUT2D eigenvalue weighted by atomic mass is 9.93. The summed E-state index contributed by atoms with van der Waals surface area (Å²) in [5.74, 6) is 0.529. The van der Waals surface area contributed by atoms with E-state index in [0.29, 0.717) is 23.4 Å². The van der Waals surface area contributed by atoms with Gasteiger partial charge < -0.3 is 5.32 Å². The van der Waals surface area contributed by atoms with Crippen molar-refractivity contribution >= 4 is 21.4 Å². The molecule has 2 saturated carbocycles. The Labute approximate surface area is 131 Å². The van der Waals surface area contributed by atoms with Crippen molar-refractivity contribution in [3.63, 3.8) is 0 Å². The van der Waals surface area contributed by atoms with E-state index >= 15 is 0 Å². The summed E-state index contributed by atoms with van der Waals surface area (Å²) in [7, 11) is -3.36. The summed E-state index contributed by atoms with van der Waals surface area (Å²) in [6.07, 6.45) is 4.76. The lowest BCUT2D eigenvalue weighted by Gasteiger charge is -2.19. The molecule has 118 valence electrons. The van der Waals surface area contributed by atoms with Gasteiger partial charge in [-0.25, -0.2) is 13.1 Å². The van der Waals surface area contributed by atoms with Crippen LogP contribution in [-0.2, 0) is 16.6 Å². The molecule has 2 aliphatic rings. The van der Waals surface area contributed by atoms with Gasteiger partial charge >= 0.3 is 0 Å². The molecule has 21 heavy (non-hydrogen) atoms. The predicted molar refractivity (Wildman–Crippen MR) is 85.9 cm³/mol. The van der Waals surface area contributed by atoms with Gasteiger partial charge in [0.15, 0.2) is 0 Å². The quantitative estimate of drug-likeness (QED) is 0.771. The van der Waals surface area contributed by atoms with Gasteiger partial charge in [-0.05, 0) is 43.1 Å². The summed E-state index contributed by atoms with van der Waals surface area (Å²) in [5, 5.41) is 5.17. The van der Waals surface area contributed by atoms with Crippen LogP contribution in [0.4, 0.5) is 0 Å². The van der Waals surface area contributed by atoms with Crippen LogP contribution in [0.3, 0.4) is 0 Å². The molecule has 0 radical (unpaired) electrons. The lowest BCUT2D eigenvalue weighted by molar-refractivity contribution is 0.357. The molecule has 0 aromatic carbocycles. The Hall–Kier alpha value is -0.430. The van der Waals surface area contributed by atoms with Crippen LogP contribution in [0.2, 0.25) is 0 Å². The van der Waals surface area contributed by atoms with Gasteiger partial charge in [0.1, 0.15) is 0 Å². The zero-order valence-electron chi connectivity index (χ0n) is 12.7. The molecule has 0 saturated heterocycles. The summed E-state index contributed by atoms with van der Waals surface area (Å²) in [5.41, 5.74) is 0.194. The zero-order chi connectivity index (χ0) is 15.1. The summed E-state index contributed by atoms with van der Waals surface area (Å²) in [6.45, 7) is 5.69. The van der Waals surface area contributed by atoms with Crippen molar-refractivity contribution in [2.24, 2.45) is 11.3 Å². The Balaban J connectivity index is 1.58. The molecule has 1 aromatic rings. The maximum atomic E-state index is 12.4. The number of thiophene rings is 1. The second-order valence-corrected chi connectivity index (χ2v) is 9.51. The van der Waals surface area contributed by atoms with E-state index in [1.165, 1.54) is 24.2 Å². The molecule has 0 unspecified atom stereocenters. The molecular weight excluding hydrogens is 304 g/mol. The molecule has 0 amide bonds. The molecule has 6 heteroatoms. The van der Waals surface area contributed by atoms with Crippen LogP contribution in [0.25, 0.3) is 0 Å². The lowest BCUT2D eigenvalue weighted by Crippen LogP contribution is -2.32. The molecule has 3 rings (SSSR count). The standard InChI is InChI=1S/C15H24N2O2S2/c1-11(2)15(5-6-15)10-17-21(18,19)14-7-13(20-9-14)8-16-12-3-4-12/h7,9,11-12,16-17H,3-6,8,10H2,1-2H3. The van der Waals surface area contributed by atoms with Crippen molar-refractivity contribution in [1.29, 1.82) is 0 Å². The van der Waals surface area contributed by atoms with E-state index in [4.69, 9.17) is 0 Å². The monoisotopic (exact) mass is 328 g/mol. The van der Waals surface area contributed by atoms with E-state index in [-0.39, 0.29) is 5.41 Å². The number of rotatable bonds is 8. The van der Waals surface area contributed by atoms with Crippen molar-refractivity contribution in [3.05, 3.63) is 16.3 Å². The molecule has 2 fully saturated rings. The van der Waals surface area contributed by atoms with E-state index < -0.39 is 10.0 Å². The number of sulfonamides is 1. The van der Waals surface area contributed by atoms with E-state index in [1.54, 1.807) is 11.4 Å². The van der Waals surface area contributed by atoms with Crippen molar-refractivity contribution in [1.82, 2.24) is 10.0 Å². The topological polar surface area (TPSA) is 58.2 Å². The molecule has 0 spiro atoms. The first kappa shape index (κ1) is 15.5. The number of hydrogen-bond donors (Lipinski definition) is 2. The van der Waals surface area contributed by atoms with Crippen molar-refractivity contribution in [2.45, 2.75) is 57.0 Å². The fourth-order valence-corrected chi connectivity index (χ4v) is 4.93. The summed E-state index contributed by atoms with van der Waals surface area (Å²) < 4.78 is 27.5. The highest BCUT2D eigenvalue weighted by Gasteiger charge is 2.45. The summed E-state index contributed by atoms with van der Waals surface area (Å²) in [6, 6.07) is 2.45. The molecule has 2 aliphatic carbocycles. The summed E-state index contributed by atoms with van der Waals surface area (Å²) >= 11 is 1.52. The van der Waals surface area contributed by atoms with Gasteiger partial charge in [0.25, 0.3) is 0 Å². The smallest absolute Gasteiger partial charge is 0.241 e. The maximum absolute atomic E-state index is 12.4. The van der Waals surface area contributed by atoms with E-state index in [2.05, 4.69) is 23.9 Å². The summed E-state index contributed by atoms with van der Waals surface area (Å²) in [4.78, 5) is 1.51. The molecular formula is C15H24N2O2S2. The van der Waals surface area contributed by atoms with Gasteiger partial charge in [0, 0.05) is 29.4 Å². The Morgan fingerprint density at radius 1 is 1.38 bits per heavy atom. The average molecular weight is 329 g/mol. The largest absolute Gasteiger partial charge is 0.309 e. The molecule has 0 aliphatic heterocycles. The highest BCUT2D eigenvalue weighted by atomic mass is 32.2. The Morgan fingerprint density at radius 3 is 2.67 bits per heavy atom. The third-order valence-corrected chi connectivity index (χ3v) is 7.28. The molecule has 0 bridgehead atoms. The van der Waals surface area contributed by atoms with Crippen molar-refractivity contribution in [3.8, 4) is 0 Å². The average Bonchev–Trinajstić information content (AvgIpc) is 3.34. The van der Waals surface area contributed by atoms with Crippen LogP contribution in [0.5, 0.6) is 0 Å². The SMILES string of the molecule is CC(C)C1(CNS(=O)(=O)c2csc(CNC3CC3)c2)CC1. The van der Waals surface area contributed by atoms with Crippen LogP contribution < -0.4 is 10.0 Å². The Kier molecular flexibility index (Phi) is 4.16. The van der Waals surface area contributed by atoms with Crippen LogP contribution in [-0.4, -0.2) is 21.0 Å². The van der Waals surface area contributed by atoms with Crippen LogP contribution in [0.15, 0.2) is 16.3 Å². The van der Waals surface area contributed by atoms with E-state index in [0.717, 1.165) is 24.3 Å². The minimum Gasteiger partial charge on any atom is -0.309 e. The van der Waals surface area contributed by atoms with E-state index in [1.807, 2.05) is 0 Å². The second kappa shape index (κ2) is 5.65. The van der Waals surface area contributed by atoms with Gasteiger partial charge in [0.05, 0.1) is 4.90 Å². The van der Waals surface area contributed by atoms with Gasteiger partial charge in [0.2, 0.25) is 10.0 Å². The first-order valence-electron chi connectivity index (χ1n) is 7.72. The third-order valence-electron chi connectivity index (χ3n) is 4.81. The van der Waals surface area contributed by atoms with Crippen LogP contribution in [0, 0.1) is 11.3 Å². The number of nitrogens with one attached hydrogen (secondary N) is 2. The molecule has 1 aromatic heterocycles.